The van der Waals surface area contributed by atoms with Gasteiger partial charge in [0.2, 0.25) is 0 Å². The molecule has 2 heteroatoms. The molecule has 0 saturated carbocycles. The van der Waals surface area contributed by atoms with E-state index in [1.807, 2.05) is 12.1 Å². The van der Waals surface area contributed by atoms with Crippen LogP contribution in [-0.4, -0.2) is 0 Å². The van der Waals surface area contributed by atoms with Gasteiger partial charge in [-0.1, -0.05) is 178 Å². The number of fused-ring (bicyclic) bond motifs is 6. The number of anilines is 3. The second kappa shape index (κ2) is 13.9. The van der Waals surface area contributed by atoms with E-state index in [1.54, 1.807) is 0 Å². The fourth-order valence-electron chi connectivity index (χ4n) is 9.17. The first-order chi connectivity index (χ1) is 29.0. The molecule has 0 N–H and O–H groups in total. The van der Waals surface area contributed by atoms with Crippen LogP contribution in [-0.2, 0) is 5.41 Å². The highest BCUT2D eigenvalue weighted by atomic mass is 16.3. The quantitative estimate of drug-likeness (QED) is 0.161. The molecule has 10 aromatic rings. The summed E-state index contributed by atoms with van der Waals surface area (Å²) in [6.07, 6.45) is 0. The number of hydrogen-bond donors (Lipinski definition) is 0. The fourth-order valence-corrected chi connectivity index (χ4v) is 9.17. The lowest BCUT2D eigenvalue weighted by Gasteiger charge is -2.28. The van der Waals surface area contributed by atoms with E-state index in [0.717, 1.165) is 50.1 Å². The third kappa shape index (κ3) is 5.96. The van der Waals surface area contributed by atoms with Crippen molar-refractivity contribution in [1.29, 1.82) is 0 Å². The normalized spacial score (nSPS) is 12.7. The van der Waals surface area contributed by atoms with Crippen LogP contribution in [0.15, 0.2) is 217 Å². The Morgan fingerprint density at radius 1 is 0.339 bits per heavy atom. The number of rotatable bonds is 7. The molecule has 0 bridgehead atoms. The van der Waals surface area contributed by atoms with Crippen molar-refractivity contribution >= 4 is 39.0 Å². The molecule has 0 aliphatic heterocycles. The maximum Gasteiger partial charge on any atom is 0.143 e. The van der Waals surface area contributed by atoms with E-state index in [4.69, 9.17) is 4.42 Å². The van der Waals surface area contributed by atoms with Crippen LogP contribution < -0.4 is 4.90 Å². The van der Waals surface area contributed by atoms with Crippen LogP contribution in [0.3, 0.4) is 0 Å². The molecule has 59 heavy (non-hydrogen) atoms. The van der Waals surface area contributed by atoms with E-state index < -0.39 is 0 Å². The van der Waals surface area contributed by atoms with E-state index in [-0.39, 0.29) is 5.41 Å². The first kappa shape index (κ1) is 34.8. The molecule has 0 radical (unpaired) electrons. The van der Waals surface area contributed by atoms with Crippen molar-refractivity contribution in [2.45, 2.75) is 19.3 Å². The van der Waals surface area contributed by atoms with Crippen molar-refractivity contribution in [2.24, 2.45) is 0 Å². The first-order valence-electron chi connectivity index (χ1n) is 20.4. The third-order valence-electron chi connectivity index (χ3n) is 12.3. The molecule has 0 amide bonds. The van der Waals surface area contributed by atoms with Crippen molar-refractivity contribution in [1.82, 2.24) is 0 Å². The van der Waals surface area contributed by atoms with Crippen molar-refractivity contribution < 1.29 is 4.42 Å². The molecule has 9 aromatic carbocycles. The lowest BCUT2D eigenvalue weighted by Crippen LogP contribution is -2.16. The van der Waals surface area contributed by atoms with E-state index in [1.165, 1.54) is 55.6 Å². The topological polar surface area (TPSA) is 16.4 Å². The molecule has 1 aromatic heterocycles. The van der Waals surface area contributed by atoms with Gasteiger partial charge in [-0.05, 0) is 110 Å². The van der Waals surface area contributed by atoms with E-state index in [2.05, 4.69) is 219 Å². The number of nitrogens with zero attached hydrogens (tertiary/aromatic N) is 1. The average Bonchev–Trinajstić information content (AvgIpc) is 3.79. The Morgan fingerprint density at radius 2 is 0.814 bits per heavy atom. The first-order valence-corrected chi connectivity index (χ1v) is 20.4. The zero-order valence-electron chi connectivity index (χ0n) is 33.1. The summed E-state index contributed by atoms with van der Waals surface area (Å²) in [6.45, 7) is 4.73. The van der Waals surface area contributed by atoms with Gasteiger partial charge < -0.3 is 9.32 Å². The molecule has 0 saturated heterocycles. The van der Waals surface area contributed by atoms with Crippen molar-refractivity contribution in [3.05, 3.63) is 223 Å². The fraction of sp³-hybridized carbons (Fsp3) is 0.0526. The van der Waals surface area contributed by atoms with Crippen LogP contribution in [0.5, 0.6) is 0 Å². The lowest BCUT2D eigenvalue weighted by atomic mass is 9.81. The average molecular weight is 756 g/mol. The smallest absolute Gasteiger partial charge is 0.143 e. The summed E-state index contributed by atoms with van der Waals surface area (Å²) >= 11 is 0. The van der Waals surface area contributed by atoms with Gasteiger partial charge in [-0.25, -0.2) is 0 Å². The Morgan fingerprint density at radius 3 is 1.49 bits per heavy atom. The Labute approximate surface area is 345 Å². The van der Waals surface area contributed by atoms with Gasteiger partial charge in [-0.3, -0.25) is 0 Å². The van der Waals surface area contributed by atoms with Crippen LogP contribution in [0.2, 0.25) is 0 Å². The van der Waals surface area contributed by atoms with E-state index >= 15 is 0 Å². The second-order valence-corrected chi connectivity index (χ2v) is 16.1. The molecule has 1 aliphatic rings. The maximum absolute atomic E-state index is 6.32. The molecule has 1 heterocycles. The second-order valence-electron chi connectivity index (χ2n) is 16.1. The van der Waals surface area contributed by atoms with Gasteiger partial charge in [0, 0.05) is 38.8 Å². The predicted octanol–water partition coefficient (Wildman–Crippen LogP) is 16.0. The van der Waals surface area contributed by atoms with Crippen molar-refractivity contribution in [3.63, 3.8) is 0 Å². The summed E-state index contributed by atoms with van der Waals surface area (Å²) in [5.41, 5.74) is 20.0. The standard InChI is InChI=1S/C57H41NO/c1-57(2)53-36-44(38-12-5-3-6-13-38)30-34-49(53)50-35-33-47(37-54(50)57)58(45-14-7-4-8-15-45)46-31-28-42(29-32-46)40-22-20-39(21-23-40)41-24-26-43(27-25-41)48-17-11-18-52-51-16-9-10-19-55(51)59-56(48)52/h3-37H,1-2H3. The molecule has 1 aliphatic carbocycles. The highest BCUT2D eigenvalue weighted by molar-refractivity contribution is 6.09. The van der Waals surface area contributed by atoms with Gasteiger partial charge in [0.15, 0.2) is 0 Å². The summed E-state index contributed by atoms with van der Waals surface area (Å²) in [4.78, 5) is 2.37. The SMILES string of the molecule is CC1(C)c2cc(-c3ccccc3)ccc2-c2ccc(N(c3ccccc3)c3ccc(-c4ccc(-c5ccc(-c6cccc7c6oc6ccccc67)cc5)cc4)cc3)cc21. The zero-order chi connectivity index (χ0) is 39.5. The molecule has 11 rings (SSSR count). The van der Waals surface area contributed by atoms with Crippen molar-refractivity contribution in [3.8, 4) is 55.6 Å². The maximum atomic E-state index is 6.32. The molecule has 0 fully saturated rings. The third-order valence-corrected chi connectivity index (χ3v) is 12.3. The molecule has 280 valence electrons. The van der Waals surface area contributed by atoms with E-state index in [0.29, 0.717) is 0 Å². The van der Waals surface area contributed by atoms with Crippen LogP contribution >= 0.6 is 0 Å². The monoisotopic (exact) mass is 755 g/mol. The Hall–Kier alpha value is -7.42. The highest BCUT2D eigenvalue weighted by Crippen LogP contribution is 2.51. The van der Waals surface area contributed by atoms with E-state index in [9.17, 15) is 0 Å². The molecular formula is C57H41NO. The van der Waals surface area contributed by atoms with Gasteiger partial charge >= 0.3 is 0 Å². The van der Waals surface area contributed by atoms with Gasteiger partial charge in [0.05, 0.1) is 0 Å². The molecular weight excluding hydrogens is 715 g/mol. The van der Waals surface area contributed by atoms with Gasteiger partial charge in [-0.15, -0.1) is 0 Å². The van der Waals surface area contributed by atoms with Crippen LogP contribution in [0.4, 0.5) is 17.1 Å². The van der Waals surface area contributed by atoms with Crippen LogP contribution in [0.25, 0.3) is 77.6 Å². The number of hydrogen-bond acceptors (Lipinski definition) is 2. The minimum atomic E-state index is -0.143. The molecule has 0 unspecified atom stereocenters. The van der Waals surface area contributed by atoms with Gasteiger partial charge in [0.1, 0.15) is 11.2 Å². The molecule has 0 atom stereocenters. The summed E-state index contributed by atoms with van der Waals surface area (Å²) in [7, 11) is 0. The van der Waals surface area contributed by atoms with Gasteiger partial charge in [0.25, 0.3) is 0 Å². The summed E-state index contributed by atoms with van der Waals surface area (Å²) in [6, 6.07) is 76.7. The number of benzene rings is 9. The summed E-state index contributed by atoms with van der Waals surface area (Å²) in [5, 5.41) is 2.30. The largest absolute Gasteiger partial charge is 0.455 e. The van der Waals surface area contributed by atoms with Crippen molar-refractivity contribution in [2.75, 3.05) is 4.90 Å². The summed E-state index contributed by atoms with van der Waals surface area (Å²) < 4.78 is 6.32. The van der Waals surface area contributed by atoms with Crippen LogP contribution in [0, 0.1) is 0 Å². The minimum Gasteiger partial charge on any atom is -0.455 e. The Kier molecular flexibility index (Phi) is 8.20. The lowest BCUT2D eigenvalue weighted by molar-refractivity contribution is 0.660. The number of furan rings is 1. The molecule has 0 spiro atoms. The minimum absolute atomic E-state index is 0.143. The summed E-state index contributed by atoms with van der Waals surface area (Å²) in [5.74, 6) is 0. The number of para-hydroxylation sites is 3. The zero-order valence-corrected chi connectivity index (χ0v) is 33.1. The Balaban J connectivity index is 0.868. The molecule has 2 nitrogen and oxygen atoms in total. The van der Waals surface area contributed by atoms with Crippen LogP contribution in [0.1, 0.15) is 25.0 Å². The highest BCUT2D eigenvalue weighted by Gasteiger charge is 2.36. The van der Waals surface area contributed by atoms with Gasteiger partial charge in [-0.2, -0.15) is 0 Å². The Bertz CT molecular complexity index is 3140. The predicted molar refractivity (Wildman–Crippen MR) is 248 cm³/mol.